The maximum Gasteiger partial charge on any atom is 0.223 e. The van der Waals surface area contributed by atoms with Crippen molar-refractivity contribution >= 4 is 11.5 Å². The molecular formula is C17H17N3S. The fourth-order valence-electron chi connectivity index (χ4n) is 2.10. The standard InChI is InChI=1S/C17H17N3S/c1-3-18-17-19-16(14-7-5-4-6-8-14)20(21-17)15-11-9-13(2)10-12-15/h4-12H,3H2,1-2H3. The predicted molar refractivity (Wildman–Crippen MR) is 87.7 cm³/mol. The van der Waals surface area contributed by atoms with E-state index in [-0.39, 0.29) is 0 Å². The molecule has 0 fully saturated rings. The fourth-order valence-corrected chi connectivity index (χ4v) is 3.04. The van der Waals surface area contributed by atoms with Crippen LogP contribution in [-0.2, 0) is 0 Å². The Morgan fingerprint density at radius 3 is 2.43 bits per heavy atom. The zero-order valence-electron chi connectivity index (χ0n) is 12.2. The van der Waals surface area contributed by atoms with Crippen LogP contribution >= 0.6 is 11.5 Å². The average Bonchev–Trinajstić information content (AvgIpc) is 2.93. The van der Waals surface area contributed by atoms with Gasteiger partial charge in [0.1, 0.15) is 0 Å². The van der Waals surface area contributed by atoms with Gasteiger partial charge in [-0.05, 0) is 37.5 Å². The van der Waals surface area contributed by atoms with E-state index in [1.54, 1.807) is 11.5 Å². The summed E-state index contributed by atoms with van der Waals surface area (Å²) in [6.45, 7) is 4.87. The van der Waals surface area contributed by atoms with Gasteiger partial charge >= 0.3 is 0 Å². The van der Waals surface area contributed by atoms with Gasteiger partial charge in [-0.3, -0.25) is 4.99 Å². The molecule has 3 rings (SSSR count). The molecular weight excluding hydrogens is 278 g/mol. The van der Waals surface area contributed by atoms with Crippen molar-refractivity contribution in [3.8, 4) is 17.1 Å². The van der Waals surface area contributed by atoms with Crippen LogP contribution in [-0.4, -0.2) is 15.5 Å². The summed E-state index contributed by atoms with van der Waals surface area (Å²) in [5.41, 5.74) is 3.48. The molecule has 0 amide bonds. The van der Waals surface area contributed by atoms with Crippen molar-refractivity contribution in [1.82, 2.24) is 8.94 Å². The highest BCUT2D eigenvalue weighted by Gasteiger charge is 2.10. The van der Waals surface area contributed by atoms with Crippen molar-refractivity contribution in [1.29, 1.82) is 0 Å². The van der Waals surface area contributed by atoms with Crippen molar-refractivity contribution in [3.05, 3.63) is 65.0 Å². The smallest absolute Gasteiger partial charge is 0.223 e. The Bertz CT molecular complexity index is 783. The number of aromatic nitrogens is 2. The topological polar surface area (TPSA) is 30.2 Å². The van der Waals surface area contributed by atoms with E-state index < -0.39 is 0 Å². The fraction of sp³-hybridized carbons (Fsp3) is 0.176. The van der Waals surface area contributed by atoms with Gasteiger partial charge in [0.25, 0.3) is 0 Å². The average molecular weight is 295 g/mol. The number of hydrogen-bond donors (Lipinski definition) is 0. The number of rotatable bonds is 3. The van der Waals surface area contributed by atoms with Gasteiger partial charge in [-0.15, -0.1) is 0 Å². The highest BCUT2D eigenvalue weighted by molar-refractivity contribution is 7.04. The summed E-state index contributed by atoms with van der Waals surface area (Å²) in [5, 5.41) is 0. The Hall–Kier alpha value is -2.20. The summed E-state index contributed by atoms with van der Waals surface area (Å²) in [7, 11) is 0. The molecule has 3 nitrogen and oxygen atoms in total. The van der Waals surface area contributed by atoms with E-state index in [2.05, 4.69) is 57.3 Å². The van der Waals surface area contributed by atoms with Crippen LogP contribution in [0.1, 0.15) is 12.5 Å². The van der Waals surface area contributed by atoms with E-state index in [4.69, 9.17) is 0 Å². The van der Waals surface area contributed by atoms with E-state index in [0.717, 1.165) is 28.4 Å². The van der Waals surface area contributed by atoms with Gasteiger partial charge in [-0.1, -0.05) is 48.0 Å². The predicted octanol–water partition coefficient (Wildman–Crippen LogP) is 3.83. The molecule has 0 bridgehead atoms. The van der Waals surface area contributed by atoms with Crippen molar-refractivity contribution in [3.63, 3.8) is 0 Å². The molecule has 106 valence electrons. The second kappa shape index (κ2) is 6.06. The molecule has 2 aromatic carbocycles. The molecule has 21 heavy (non-hydrogen) atoms. The second-order valence-corrected chi connectivity index (χ2v) is 5.69. The third kappa shape index (κ3) is 2.95. The number of nitrogens with zero attached hydrogens (tertiary/aromatic N) is 3. The summed E-state index contributed by atoms with van der Waals surface area (Å²) < 4.78 is 2.14. The van der Waals surface area contributed by atoms with Crippen LogP contribution < -0.4 is 4.80 Å². The monoisotopic (exact) mass is 295 g/mol. The van der Waals surface area contributed by atoms with E-state index >= 15 is 0 Å². The minimum absolute atomic E-state index is 0.746. The third-order valence-electron chi connectivity index (χ3n) is 3.16. The summed E-state index contributed by atoms with van der Waals surface area (Å²) >= 11 is 1.58. The molecule has 1 aromatic heterocycles. The second-order valence-electron chi connectivity index (χ2n) is 4.78. The van der Waals surface area contributed by atoms with E-state index in [0.29, 0.717) is 0 Å². The van der Waals surface area contributed by atoms with Gasteiger partial charge in [0, 0.05) is 12.1 Å². The van der Waals surface area contributed by atoms with Gasteiger partial charge in [0.2, 0.25) is 4.80 Å². The minimum atomic E-state index is 0.746. The lowest BCUT2D eigenvalue weighted by Crippen LogP contribution is -1.98. The number of hydrogen-bond acceptors (Lipinski definition) is 3. The first kappa shape index (κ1) is 13.8. The van der Waals surface area contributed by atoms with E-state index in [1.807, 2.05) is 25.1 Å². The SMILES string of the molecule is CCN=c1nc(-c2ccccc2)n(-c2ccc(C)cc2)s1. The maximum absolute atomic E-state index is 4.68. The largest absolute Gasteiger partial charge is 0.256 e. The van der Waals surface area contributed by atoms with Crippen LogP contribution in [0, 0.1) is 6.92 Å². The third-order valence-corrected chi connectivity index (χ3v) is 4.11. The summed E-state index contributed by atoms with van der Waals surface area (Å²) in [6.07, 6.45) is 0. The Morgan fingerprint density at radius 1 is 1.05 bits per heavy atom. The van der Waals surface area contributed by atoms with E-state index in [1.165, 1.54) is 5.56 Å². The summed E-state index contributed by atoms with van der Waals surface area (Å²) in [6, 6.07) is 18.7. The van der Waals surface area contributed by atoms with Crippen LogP contribution in [0.4, 0.5) is 0 Å². The lowest BCUT2D eigenvalue weighted by atomic mass is 10.2. The molecule has 0 aliphatic rings. The lowest BCUT2D eigenvalue weighted by molar-refractivity contribution is 1.03. The molecule has 4 heteroatoms. The lowest BCUT2D eigenvalue weighted by Gasteiger charge is -2.06. The van der Waals surface area contributed by atoms with Gasteiger partial charge in [0.15, 0.2) is 5.82 Å². The van der Waals surface area contributed by atoms with Gasteiger partial charge < -0.3 is 0 Å². The Labute approximate surface area is 128 Å². The van der Waals surface area contributed by atoms with Gasteiger partial charge in [-0.25, -0.2) is 3.96 Å². The van der Waals surface area contributed by atoms with Crippen molar-refractivity contribution < 1.29 is 0 Å². The first-order valence-corrected chi connectivity index (χ1v) is 7.78. The van der Waals surface area contributed by atoms with Crippen LogP contribution in [0.25, 0.3) is 17.1 Å². The molecule has 1 heterocycles. The van der Waals surface area contributed by atoms with Crippen molar-refractivity contribution in [2.45, 2.75) is 13.8 Å². The first-order valence-electron chi connectivity index (χ1n) is 7.01. The zero-order valence-corrected chi connectivity index (χ0v) is 13.0. The Balaban J connectivity index is 2.19. The van der Waals surface area contributed by atoms with Gasteiger partial charge in [0.05, 0.1) is 5.69 Å². The molecule has 0 radical (unpaired) electrons. The summed E-state index contributed by atoms with van der Waals surface area (Å²) in [5.74, 6) is 0.941. The number of aryl methyl sites for hydroxylation is 1. The Kier molecular flexibility index (Phi) is 3.97. The number of benzene rings is 2. The van der Waals surface area contributed by atoms with Crippen LogP contribution in [0.3, 0.4) is 0 Å². The highest BCUT2D eigenvalue weighted by Crippen LogP contribution is 2.22. The van der Waals surface area contributed by atoms with Crippen LogP contribution in [0.15, 0.2) is 59.6 Å². The molecule has 3 aromatic rings. The normalized spacial score (nSPS) is 11.8. The molecule has 0 aliphatic heterocycles. The summed E-state index contributed by atoms with van der Waals surface area (Å²) in [4.78, 5) is 9.94. The maximum atomic E-state index is 4.68. The molecule has 0 saturated carbocycles. The highest BCUT2D eigenvalue weighted by atomic mass is 32.1. The van der Waals surface area contributed by atoms with Crippen LogP contribution in [0.2, 0.25) is 0 Å². The first-order chi connectivity index (χ1) is 10.3. The zero-order chi connectivity index (χ0) is 14.7. The molecule has 0 spiro atoms. The molecule has 0 N–H and O–H groups in total. The molecule has 0 saturated heterocycles. The van der Waals surface area contributed by atoms with E-state index in [9.17, 15) is 0 Å². The van der Waals surface area contributed by atoms with Crippen molar-refractivity contribution in [2.75, 3.05) is 6.54 Å². The van der Waals surface area contributed by atoms with Crippen molar-refractivity contribution in [2.24, 2.45) is 4.99 Å². The quantitative estimate of drug-likeness (QED) is 0.722. The van der Waals surface area contributed by atoms with Gasteiger partial charge in [-0.2, -0.15) is 4.98 Å². The molecule has 0 atom stereocenters. The molecule has 0 unspecified atom stereocenters. The minimum Gasteiger partial charge on any atom is -0.256 e. The molecule has 0 aliphatic carbocycles. The van der Waals surface area contributed by atoms with Crippen LogP contribution in [0.5, 0.6) is 0 Å². The Morgan fingerprint density at radius 2 is 1.76 bits per heavy atom.